The lowest BCUT2D eigenvalue weighted by Gasteiger charge is -2.09. The highest BCUT2D eigenvalue weighted by Gasteiger charge is 2.12. The van der Waals surface area contributed by atoms with E-state index in [4.69, 9.17) is 0 Å². The fourth-order valence-electron chi connectivity index (χ4n) is 1.62. The van der Waals surface area contributed by atoms with Crippen LogP contribution in [0.2, 0.25) is 0 Å². The van der Waals surface area contributed by atoms with Gasteiger partial charge in [0.15, 0.2) is 0 Å². The standard InChI is InChI=1S/C14H11BrFNOS/c1-8-2-5-11(16)12(6-8)17-14(18)10-4-3-9(15)7-13(10)19/h2-7,19H,1H3,(H,17,18). The van der Waals surface area contributed by atoms with Crippen molar-refractivity contribution in [3.8, 4) is 0 Å². The molecule has 0 aliphatic rings. The zero-order valence-electron chi connectivity index (χ0n) is 10.1. The van der Waals surface area contributed by atoms with Crippen molar-refractivity contribution >= 4 is 40.2 Å². The molecule has 0 saturated carbocycles. The smallest absolute Gasteiger partial charge is 0.256 e. The quantitative estimate of drug-likeness (QED) is 0.778. The van der Waals surface area contributed by atoms with Gasteiger partial charge in [0.25, 0.3) is 5.91 Å². The summed E-state index contributed by atoms with van der Waals surface area (Å²) in [7, 11) is 0. The summed E-state index contributed by atoms with van der Waals surface area (Å²) < 4.78 is 14.4. The van der Waals surface area contributed by atoms with Gasteiger partial charge in [0.05, 0.1) is 11.3 Å². The number of benzene rings is 2. The molecule has 0 aliphatic heterocycles. The van der Waals surface area contributed by atoms with E-state index >= 15 is 0 Å². The monoisotopic (exact) mass is 339 g/mol. The summed E-state index contributed by atoms with van der Waals surface area (Å²) in [6.45, 7) is 1.83. The van der Waals surface area contributed by atoms with E-state index in [2.05, 4.69) is 33.9 Å². The van der Waals surface area contributed by atoms with E-state index in [1.54, 1.807) is 30.3 Å². The fourth-order valence-corrected chi connectivity index (χ4v) is 2.47. The van der Waals surface area contributed by atoms with Gasteiger partial charge in [-0.2, -0.15) is 0 Å². The molecule has 0 bridgehead atoms. The molecule has 19 heavy (non-hydrogen) atoms. The van der Waals surface area contributed by atoms with Crippen LogP contribution in [0.5, 0.6) is 0 Å². The molecule has 1 amide bonds. The number of aryl methyl sites for hydroxylation is 1. The Hall–Kier alpha value is -1.33. The first kappa shape index (κ1) is 14.1. The zero-order valence-corrected chi connectivity index (χ0v) is 12.6. The molecular formula is C14H11BrFNOS. The van der Waals surface area contributed by atoms with Gasteiger partial charge in [-0.25, -0.2) is 4.39 Å². The number of hydrogen-bond donors (Lipinski definition) is 2. The first-order valence-electron chi connectivity index (χ1n) is 5.53. The average molecular weight is 340 g/mol. The number of anilines is 1. The Kier molecular flexibility index (Phi) is 4.27. The first-order valence-corrected chi connectivity index (χ1v) is 6.77. The van der Waals surface area contributed by atoms with Crippen molar-refractivity contribution in [2.24, 2.45) is 0 Å². The predicted molar refractivity (Wildman–Crippen MR) is 80.5 cm³/mol. The van der Waals surface area contributed by atoms with Gasteiger partial charge in [-0.15, -0.1) is 12.6 Å². The first-order chi connectivity index (χ1) is 8.97. The summed E-state index contributed by atoms with van der Waals surface area (Å²) in [5, 5.41) is 2.55. The molecule has 2 aromatic carbocycles. The van der Waals surface area contributed by atoms with Crippen molar-refractivity contribution in [3.63, 3.8) is 0 Å². The molecule has 0 aliphatic carbocycles. The Morgan fingerprint density at radius 1 is 1.26 bits per heavy atom. The second-order valence-corrected chi connectivity index (χ2v) is 5.50. The SMILES string of the molecule is Cc1ccc(F)c(NC(=O)c2ccc(Br)cc2S)c1. The Labute approximate surface area is 124 Å². The maximum absolute atomic E-state index is 13.6. The Morgan fingerprint density at radius 3 is 2.68 bits per heavy atom. The highest BCUT2D eigenvalue weighted by Crippen LogP contribution is 2.22. The summed E-state index contributed by atoms with van der Waals surface area (Å²) in [4.78, 5) is 12.6. The lowest BCUT2D eigenvalue weighted by molar-refractivity contribution is 0.102. The Bertz CT molecular complexity index is 645. The molecule has 0 radical (unpaired) electrons. The third-order valence-corrected chi connectivity index (χ3v) is 3.44. The molecule has 1 N–H and O–H groups in total. The summed E-state index contributed by atoms with van der Waals surface area (Å²) in [5.74, 6) is -0.848. The average Bonchev–Trinajstić information content (AvgIpc) is 2.33. The van der Waals surface area contributed by atoms with Gasteiger partial charge in [-0.05, 0) is 42.8 Å². The van der Waals surface area contributed by atoms with E-state index < -0.39 is 5.82 Å². The van der Waals surface area contributed by atoms with Crippen LogP contribution >= 0.6 is 28.6 Å². The van der Waals surface area contributed by atoms with Crippen molar-refractivity contribution in [1.29, 1.82) is 0 Å². The van der Waals surface area contributed by atoms with Crippen LogP contribution in [0.25, 0.3) is 0 Å². The van der Waals surface area contributed by atoms with Crippen LogP contribution in [0.15, 0.2) is 45.8 Å². The van der Waals surface area contributed by atoms with Crippen LogP contribution < -0.4 is 5.32 Å². The second kappa shape index (κ2) is 5.75. The van der Waals surface area contributed by atoms with Gasteiger partial charge in [0, 0.05) is 9.37 Å². The molecule has 0 heterocycles. The highest BCUT2D eigenvalue weighted by atomic mass is 79.9. The van der Waals surface area contributed by atoms with E-state index in [0.717, 1.165) is 10.0 Å². The number of nitrogens with one attached hydrogen (secondary N) is 1. The van der Waals surface area contributed by atoms with Gasteiger partial charge < -0.3 is 5.32 Å². The minimum absolute atomic E-state index is 0.167. The summed E-state index contributed by atoms with van der Waals surface area (Å²) in [6, 6.07) is 9.65. The number of rotatable bonds is 2. The number of thiol groups is 1. The summed E-state index contributed by atoms with van der Waals surface area (Å²) >= 11 is 7.53. The molecule has 2 rings (SSSR count). The van der Waals surface area contributed by atoms with Crippen molar-refractivity contribution in [1.82, 2.24) is 0 Å². The van der Waals surface area contributed by atoms with Crippen molar-refractivity contribution in [2.75, 3.05) is 5.32 Å². The third-order valence-electron chi connectivity index (χ3n) is 2.57. The maximum Gasteiger partial charge on any atom is 0.256 e. The minimum atomic E-state index is -0.461. The van der Waals surface area contributed by atoms with Crippen molar-refractivity contribution < 1.29 is 9.18 Å². The molecule has 0 saturated heterocycles. The molecular weight excluding hydrogens is 329 g/mol. The Balaban J connectivity index is 2.28. The molecule has 2 aromatic rings. The van der Waals surface area contributed by atoms with E-state index in [1.165, 1.54) is 6.07 Å². The van der Waals surface area contributed by atoms with Gasteiger partial charge in [0.1, 0.15) is 5.82 Å². The number of carbonyl (C=O) groups is 1. The second-order valence-electron chi connectivity index (χ2n) is 4.10. The van der Waals surface area contributed by atoms with Crippen LogP contribution in [-0.2, 0) is 0 Å². The van der Waals surface area contributed by atoms with E-state index in [9.17, 15) is 9.18 Å². The molecule has 0 atom stereocenters. The predicted octanol–water partition coefficient (Wildman–Crippen LogP) is 4.44. The zero-order chi connectivity index (χ0) is 14.0. The highest BCUT2D eigenvalue weighted by molar-refractivity contribution is 9.10. The topological polar surface area (TPSA) is 29.1 Å². The molecule has 5 heteroatoms. The molecule has 2 nitrogen and oxygen atoms in total. The molecule has 0 unspecified atom stereocenters. The molecule has 0 spiro atoms. The fraction of sp³-hybridized carbons (Fsp3) is 0.0714. The van der Waals surface area contributed by atoms with E-state index in [1.807, 2.05) is 6.92 Å². The van der Waals surface area contributed by atoms with Crippen LogP contribution in [0.4, 0.5) is 10.1 Å². The van der Waals surface area contributed by atoms with Crippen molar-refractivity contribution in [2.45, 2.75) is 11.8 Å². The Morgan fingerprint density at radius 2 is 2.00 bits per heavy atom. The maximum atomic E-state index is 13.6. The van der Waals surface area contributed by atoms with E-state index in [-0.39, 0.29) is 11.6 Å². The minimum Gasteiger partial charge on any atom is -0.319 e. The van der Waals surface area contributed by atoms with Crippen molar-refractivity contribution in [3.05, 3.63) is 57.8 Å². The number of hydrogen-bond acceptors (Lipinski definition) is 2. The number of halogens is 2. The van der Waals surface area contributed by atoms with Gasteiger partial charge in [-0.1, -0.05) is 22.0 Å². The van der Waals surface area contributed by atoms with Crippen LogP contribution in [0.3, 0.4) is 0 Å². The largest absolute Gasteiger partial charge is 0.319 e. The van der Waals surface area contributed by atoms with Crippen LogP contribution in [0.1, 0.15) is 15.9 Å². The number of amides is 1. The van der Waals surface area contributed by atoms with E-state index in [0.29, 0.717) is 10.5 Å². The van der Waals surface area contributed by atoms with Gasteiger partial charge in [-0.3, -0.25) is 4.79 Å². The third kappa shape index (κ3) is 3.36. The van der Waals surface area contributed by atoms with Crippen LogP contribution in [-0.4, -0.2) is 5.91 Å². The van der Waals surface area contributed by atoms with Crippen LogP contribution in [0, 0.1) is 12.7 Å². The molecule has 0 fully saturated rings. The normalized spacial score (nSPS) is 10.3. The lowest BCUT2D eigenvalue weighted by atomic mass is 10.2. The summed E-state index contributed by atoms with van der Waals surface area (Å²) in [5.41, 5.74) is 1.44. The van der Waals surface area contributed by atoms with Gasteiger partial charge >= 0.3 is 0 Å². The summed E-state index contributed by atoms with van der Waals surface area (Å²) in [6.07, 6.45) is 0. The lowest BCUT2D eigenvalue weighted by Crippen LogP contribution is -2.13. The molecule has 98 valence electrons. The molecule has 0 aromatic heterocycles. The number of carbonyl (C=O) groups excluding carboxylic acids is 1. The van der Waals surface area contributed by atoms with Gasteiger partial charge in [0.2, 0.25) is 0 Å².